The van der Waals surface area contributed by atoms with Crippen LogP contribution in [0.4, 0.5) is 0 Å². The van der Waals surface area contributed by atoms with Gasteiger partial charge in [0.2, 0.25) is 11.6 Å². The Hall–Kier alpha value is -6.80. The summed E-state index contributed by atoms with van der Waals surface area (Å²) in [6.45, 7) is 17.4. The van der Waals surface area contributed by atoms with Crippen molar-refractivity contribution in [2.24, 2.45) is 46.8 Å². The number of fused-ring (bicyclic) bond motifs is 6. The summed E-state index contributed by atoms with van der Waals surface area (Å²) in [6, 6.07) is -1.25. The molecule has 24 nitrogen and oxygen atoms in total. The van der Waals surface area contributed by atoms with E-state index in [4.69, 9.17) is 51.8 Å². The second-order valence-electron chi connectivity index (χ2n) is 30.5. The number of cyclic esters (lactones) is 2. The van der Waals surface area contributed by atoms with Gasteiger partial charge >= 0.3 is 29.8 Å². The van der Waals surface area contributed by atoms with Crippen molar-refractivity contribution in [2.75, 3.05) is 41.6 Å². The zero-order chi connectivity index (χ0) is 74.4. The first-order chi connectivity index (χ1) is 48.3. The largest absolute Gasteiger partial charge is 0.462 e. The molecule has 9 rings (SSSR count). The highest BCUT2D eigenvalue weighted by Crippen LogP contribution is 2.63. The van der Waals surface area contributed by atoms with Gasteiger partial charge in [0.1, 0.15) is 66.4 Å². The molecule has 4 aliphatic carbocycles. The highest BCUT2D eigenvalue weighted by Gasteiger charge is 2.65. The van der Waals surface area contributed by atoms with Gasteiger partial charge in [-0.05, 0) is 145 Å². The Morgan fingerprint density at radius 3 is 2.19 bits per heavy atom. The first-order valence-electron chi connectivity index (χ1n) is 36.5. The van der Waals surface area contributed by atoms with Gasteiger partial charge in [0, 0.05) is 89.1 Å². The lowest BCUT2D eigenvalue weighted by Crippen LogP contribution is -2.61. The number of rotatable bonds is 14. The number of carbonyl (C=O) groups excluding carboxylic acids is 10. The van der Waals surface area contributed by atoms with Gasteiger partial charge in [-0.15, -0.1) is 0 Å². The van der Waals surface area contributed by atoms with Crippen LogP contribution in [-0.4, -0.2) is 188 Å². The maximum absolute atomic E-state index is 14.8. The smallest absolute Gasteiger partial charge is 0.342 e. The average Bonchev–Trinajstić information content (AvgIpc) is 1.40. The molecule has 0 radical (unpaired) electrons. The van der Waals surface area contributed by atoms with Gasteiger partial charge in [0.05, 0.1) is 43.2 Å². The fourth-order valence-electron chi connectivity index (χ4n) is 17.5. The predicted molar refractivity (Wildman–Crippen MR) is 368 cm³/mol. The van der Waals surface area contributed by atoms with Crippen LogP contribution in [0.25, 0.3) is 0 Å². The number of piperidine rings is 1. The summed E-state index contributed by atoms with van der Waals surface area (Å²) in [4.78, 5) is 142. The van der Waals surface area contributed by atoms with Gasteiger partial charge < -0.3 is 66.9 Å². The Bertz CT molecular complexity index is 3480. The third-order valence-corrected chi connectivity index (χ3v) is 23.4. The van der Waals surface area contributed by atoms with Crippen molar-refractivity contribution in [3.63, 3.8) is 0 Å². The van der Waals surface area contributed by atoms with Crippen LogP contribution in [0, 0.1) is 46.8 Å². The molecule has 4 aliphatic heterocycles. The molecule has 24 heteroatoms. The number of nitrogens with zero attached hydrogens (tertiary/aromatic N) is 1. The molecule has 2 bridgehead atoms. The van der Waals surface area contributed by atoms with Gasteiger partial charge in [-0.2, -0.15) is 0 Å². The Morgan fingerprint density at radius 1 is 0.775 bits per heavy atom. The van der Waals surface area contributed by atoms with Gasteiger partial charge in [-0.25, -0.2) is 9.59 Å². The minimum atomic E-state index is -2.51. The molecule has 1 aromatic heterocycles. The van der Waals surface area contributed by atoms with Crippen LogP contribution in [0.1, 0.15) is 205 Å². The van der Waals surface area contributed by atoms with E-state index in [0.29, 0.717) is 92.9 Å². The van der Waals surface area contributed by atoms with Crippen molar-refractivity contribution in [2.45, 2.75) is 257 Å². The van der Waals surface area contributed by atoms with Gasteiger partial charge in [0.15, 0.2) is 11.5 Å². The van der Waals surface area contributed by atoms with E-state index in [-0.39, 0.29) is 86.4 Å². The lowest BCUT2D eigenvalue weighted by Gasteiger charge is -2.52. The first kappa shape index (κ1) is 79.3. The Kier molecular flexibility index (Phi) is 26.1. The maximum atomic E-state index is 14.8. The number of aliphatic hydroxyl groups is 2. The standard InChI is InChI=1S/C78H107NO23/c1-41-20-16-15-17-21-42(2)56(93-12)36-50-25-23-47(7)78(91,102-50)72(87)73(88)79-31-19-18-22-53(79)75(90)99-57(37-54(81)43(3)33-46(6)68(85)71(95-14)67(84)45(5)32-41)44(4)34-49-24-27-55(58(35-49)94-13)98-62(82)29-30-63(83)100-60-28-26-52-64-66(59(97-48(8)80)38-76(52,60)9)77(10)61(40-92-11)101-74(89)51-39-96-70(65(51)77)69(64)86/h15-17,20-21,33,39,41,43-45,47,49-50,52-53,55-61,68,71,85,91H,18-19,22-32,34-38,40H2,1-14H3/b17-15+,20-16+,42-21+,46-33+/t41-,43-,44+,45-,47-,49+,50+,52?,53+,55-,56+,57+,58-,59-,60+,61-,68-,71+,76+,77+,78-/m1/s1. The van der Waals surface area contributed by atoms with Crippen molar-refractivity contribution >= 4 is 58.9 Å². The Morgan fingerprint density at radius 2 is 1.50 bits per heavy atom. The van der Waals surface area contributed by atoms with Crippen LogP contribution >= 0.6 is 0 Å². The van der Waals surface area contributed by atoms with Crippen LogP contribution in [0.2, 0.25) is 0 Å². The molecule has 562 valence electrons. The summed E-state index contributed by atoms with van der Waals surface area (Å²) in [5.41, 5.74) is 0.416. The number of allylic oxidation sites excluding steroid dienone is 7. The second kappa shape index (κ2) is 33.5. The minimum Gasteiger partial charge on any atom is -0.462 e. The van der Waals surface area contributed by atoms with E-state index < -0.39 is 161 Å². The van der Waals surface area contributed by atoms with Crippen molar-refractivity contribution in [1.29, 1.82) is 0 Å². The van der Waals surface area contributed by atoms with Gasteiger partial charge in [-0.3, -0.25) is 38.4 Å². The fourth-order valence-corrected chi connectivity index (χ4v) is 17.5. The quantitative estimate of drug-likeness (QED) is 0.0758. The molecular formula is C78H107NO23. The number of hydrogen-bond donors (Lipinski definition) is 2. The van der Waals surface area contributed by atoms with Gasteiger partial charge in [0.25, 0.3) is 11.7 Å². The number of esters is 5. The lowest BCUT2D eigenvalue weighted by atomic mass is 9.54. The van der Waals surface area contributed by atoms with Crippen molar-refractivity contribution in [1.82, 2.24) is 4.90 Å². The summed E-state index contributed by atoms with van der Waals surface area (Å²) in [5, 5.41) is 23.8. The van der Waals surface area contributed by atoms with Crippen LogP contribution in [0.15, 0.2) is 69.4 Å². The number of aliphatic hydroxyl groups excluding tert-OH is 1. The van der Waals surface area contributed by atoms with E-state index in [1.54, 1.807) is 40.9 Å². The number of carbonyl (C=O) groups is 10. The maximum Gasteiger partial charge on any atom is 0.342 e. The van der Waals surface area contributed by atoms with E-state index in [9.17, 15) is 58.2 Å². The molecule has 102 heavy (non-hydrogen) atoms. The second-order valence-corrected chi connectivity index (χ2v) is 30.5. The number of amides is 1. The van der Waals surface area contributed by atoms with E-state index >= 15 is 0 Å². The van der Waals surface area contributed by atoms with E-state index in [1.807, 2.05) is 65.0 Å². The molecule has 5 heterocycles. The summed E-state index contributed by atoms with van der Waals surface area (Å²) in [5.74, 6) is -12.6. The molecule has 2 saturated heterocycles. The summed E-state index contributed by atoms with van der Waals surface area (Å²) < 4.78 is 65.7. The van der Waals surface area contributed by atoms with Crippen molar-refractivity contribution in [3.8, 4) is 0 Å². The topological polar surface area (TPSA) is 320 Å². The zero-order valence-electron chi connectivity index (χ0n) is 61.8. The molecule has 21 atom stereocenters. The van der Waals surface area contributed by atoms with E-state index in [1.165, 1.54) is 34.5 Å². The molecule has 1 amide bonds. The first-order valence-corrected chi connectivity index (χ1v) is 36.5. The third-order valence-electron chi connectivity index (χ3n) is 23.4. The monoisotopic (exact) mass is 1430 g/mol. The van der Waals surface area contributed by atoms with Gasteiger partial charge in [-0.1, -0.05) is 78.0 Å². The molecular weight excluding hydrogens is 1320 g/mol. The van der Waals surface area contributed by atoms with E-state index in [0.717, 1.165) is 10.5 Å². The minimum absolute atomic E-state index is 0.00324. The number of methoxy groups -OCH3 is 4. The molecule has 1 unspecified atom stereocenters. The Balaban J connectivity index is 0.877. The van der Waals surface area contributed by atoms with Crippen LogP contribution < -0.4 is 0 Å². The highest BCUT2D eigenvalue weighted by molar-refractivity contribution is 6.39. The highest BCUT2D eigenvalue weighted by atomic mass is 16.6. The fraction of sp³-hybridized carbons (Fsp3) is 0.692. The van der Waals surface area contributed by atoms with Crippen LogP contribution in [-0.2, 0) is 91.1 Å². The predicted octanol–water partition coefficient (Wildman–Crippen LogP) is 9.40. The average molecular weight is 1430 g/mol. The lowest BCUT2D eigenvalue weighted by molar-refractivity contribution is -0.265. The molecule has 0 aromatic carbocycles. The normalized spacial score (nSPS) is 38.1. The number of ketones is 4. The van der Waals surface area contributed by atoms with Crippen molar-refractivity contribution < 1.29 is 110 Å². The third kappa shape index (κ3) is 16.6. The molecule has 2 saturated carbocycles. The number of Topliss-reactive ketones (excluding diaryl/α,β-unsaturated/α-hetero) is 4. The molecule has 8 aliphatic rings. The summed E-state index contributed by atoms with van der Waals surface area (Å²) >= 11 is 0. The van der Waals surface area contributed by atoms with Crippen LogP contribution in [0.5, 0.6) is 0 Å². The van der Waals surface area contributed by atoms with Crippen LogP contribution in [0.3, 0.4) is 0 Å². The zero-order valence-corrected chi connectivity index (χ0v) is 61.8. The molecule has 1 aromatic rings. The summed E-state index contributed by atoms with van der Waals surface area (Å²) in [7, 11) is 5.88. The molecule has 0 spiro atoms. The SMILES string of the molecule is COC[C@H]1OC(=O)c2coc3c2[C@@]1(C)C1=C(C3=O)C2CC[C@H](OC(=O)CCC(=O)O[C@@H]3CC[C@@H](C[C@H](C)[C@@H]4CC(=O)[C@H](C)/C=C(\C)[C@@H](O)[C@@H](OC)C(=O)[C@H](C)C[C@H](C)/C=C/C=C/C=C(\C)[C@@H](OC)C[C@@H]5CC[C@@H](C)[C@@](O)(O5)C(=O)C(=O)N5CCCC[C@H]5C(=O)O4)C[C@H]3OC)[C@@]2(C)C[C@H]1OC(C)=O. The molecule has 4 fully saturated rings. The number of hydrogen-bond acceptors (Lipinski definition) is 23. The Labute approximate surface area is 598 Å². The molecule has 2 N–H and O–H groups in total. The number of ether oxygens (including phenoxy) is 10. The number of furan rings is 1. The summed E-state index contributed by atoms with van der Waals surface area (Å²) in [6.07, 6.45) is 7.83. The van der Waals surface area contributed by atoms with E-state index in [2.05, 4.69) is 0 Å². The van der Waals surface area contributed by atoms with Crippen molar-refractivity contribution in [3.05, 3.63) is 81.9 Å².